The van der Waals surface area contributed by atoms with Crippen molar-refractivity contribution in [3.8, 4) is 0 Å². The van der Waals surface area contributed by atoms with Gasteiger partial charge in [-0.2, -0.15) is 0 Å². The quantitative estimate of drug-likeness (QED) is 0.799. The highest BCUT2D eigenvalue weighted by Gasteiger charge is 2.39. The van der Waals surface area contributed by atoms with Gasteiger partial charge in [-0.25, -0.2) is 9.59 Å². The highest BCUT2D eigenvalue weighted by atomic mass is 16.6. The van der Waals surface area contributed by atoms with Gasteiger partial charge in [0, 0.05) is 6.54 Å². The monoisotopic (exact) mass is 328 g/mol. The van der Waals surface area contributed by atoms with Crippen LogP contribution in [0.5, 0.6) is 0 Å². The normalized spacial score (nSPS) is 20.2. The first-order valence-electron chi connectivity index (χ1n) is 7.83. The molecule has 1 fully saturated rings. The Kier molecular flexibility index (Phi) is 5.66. The largest absolute Gasteiger partial charge is 0.458 e. The third-order valence-electron chi connectivity index (χ3n) is 3.15. The van der Waals surface area contributed by atoms with Gasteiger partial charge in [-0.15, -0.1) is 0 Å². The summed E-state index contributed by atoms with van der Waals surface area (Å²) >= 11 is 0. The number of rotatable bonds is 3. The van der Waals surface area contributed by atoms with Crippen molar-refractivity contribution in [2.24, 2.45) is 0 Å². The Hall–Kier alpha value is -1.79. The summed E-state index contributed by atoms with van der Waals surface area (Å²) in [7, 11) is 0. The third kappa shape index (κ3) is 6.08. The predicted molar refractivity (Wildman–Crippen MR) is 84.8 cm³/mol. The minimum Gasteiger partial charge on any atom is -0.458 e. The molecule has 0 spiro atoms. The van der Waals surface area contributed by atoms with Gasteiger partial charge in [-0.05, 0) is 54.9 Å². The lowest BCUT2D eigenvalue weighted by Crippen LogP contribution is -2.48. The van der Waals surface area contributed by atoms with Crippen molar-refractivity contribution in [2.45, 2.75) is 78.2 Å². The zero-order valence-electron chi connectivity index (χ0n) is 15.1. The van der Waals surface area contributed by atoms with E-state index in [0.717, 1.165) is 0 Å². The lowest BCUT2D eigenvalue weighted by Gasteiger charge is -2.27. The molecule has 0 aromatic heterocycles. The Bertz CT molecular complexity index is 476. The smallest absolute Gasteiger partial charge is 0.408 e. The van der Waals surface area contributed by atoms with E-state index in [1.807, 2.05) is 0 Å². The fraction of sp³-hybridized carbons (Fsp3) is 0.812. The Morgan fingerprint density at radius 1 is 1.13 bits per heavy atom. The van der Waals surface area contributed by atoms with E-state index in [4.69, 9.17) is 9.47 Å². The number of nitrogens with one attached hydrogen (secondary N) is 1. The molecule has 0 radical (unpaired) electrons. The summed E-state index contributed by atoms with van der Waals surface area (Å²) in [5.41, 5.74) is -1.24. The molecule has 7 nitrogen and oxygen atoms in total. The van der Waals surface area contributed by atoms with Crippen LogP contribution in [0.2, 0.25) is 0 Å². The van der Waals surface area contributed by atoms with Gasteiger partial charge in [0.1, 0.15) is 23.3 Å². The van der Waals surface area contributed by atoms with Crippen LogP contribution in [0.1, 0.15) is 54.9 Å². The van der Waals surface area contributed by atoms with E-state index in [1.54, 1.807) is 48.5 Å². The summed E-state index contributed by atoms with van der Waals surface area (Å²) in [6.45, 7) is 12.6. The standard InChI is InChI=1S/C16H28N2O5/c1-10(13(20)22-15(2,3)4)18-9-8-11(12(18)19)17-14(21)23-16(5,6)7/h10-11H,8-9H2,1-7H3,(H,17,21)/t10-,11-/m0/s1. The molecule has 0 bridgehead atoms. The molecule has 1 saturated heterocycles. The number of carbonyl (C=O) groups excluding carboxylic acids is 3. The summed E-state index contributed by atoms with van der Waals surface area (Å²) in [5.74, 6) is -0.752. The van der Waals surface area contributed by atoms with E-state index < -0.39 is 35.3 Å². The van der Waals surface area contributed by atoms with Gasteiger partial charge in [0.05, 0.1) is 0 Å². The number of amides is 2. The van der Waals surface area contributed by atoms with Gasteiger partial charge >= 0.3 is 12.1 Å². The molecule has 1 aliphatic rings. The van der Waals surface area contributed by atoms with Crippen LogP contribution in [0.25, 0.3) is 0 Å². The van der Waals surface area contributed by atoms with Gasteiger partial charge in [-0.1, -0.05) is 0 Å². The summed E-state index contributed by atoms with van der Waals surface area (Å²) in [5, 5.41) is 2.55. The van der Waals surface area contributed by atoms with Crippen molar-refractivity contribution in [3.05, 3.63) is 0 Å². The van der Waals surface area contributed by atoms with Crippen molar-refractivity contribution in [1.82, 2.24) is 10.2 Å². The number of likely N-dealkylation sites (tertiary alicyclic amines) is 1. The van der Waals surface area contributed by atoms with Crippen molar-refractivity contribution in [2.75, 3.05) is 6.54 Å². The topological polar surface area (TPSA) is 84.9 Å². The van der Waals surface area contributed by atoms with E-state index in [9.17, 15) is 14.4 Å². The first kappa shape index (κ1) is 19.3. The lowest BCUT2D eigenvalue weighted by atomic mass is 10.2. The number of ether oxygens (including phenoxy) is 2. The van der Waals surface area contributed by atoms with Gasteiger partial charge in [0.2, 0.25) is 5.91 Å². The molecule has 0 unspecified atom stereocenters. The molecule has 1 N–H and O–H groups in total. The first-order chi connectivity index (χ1) is 10.3. The molecule has 1 rings (SSSR count). The van der Waals surface area contributed by atoms with E-state index in [-0.39, 0.29) is 5.91 Å². The third-order valence-corrected chi connectivity index (χ3v) is 3.15. The second-order valence-corrected chi connectivity index (χ2v) is 7.73. The van der Waals surface area contributed by atoms with Crippen LogP contribution < -0.4 is 5.32 Å². The maximum absolute atomic E-state index is 12.4. The summed E-state index contributed by atoms with van der Waals surface area (Å²) in [4.78, 5) is 37.6. The zero-order chi connectivity index (χ0) is 18.0. The molecule has 0 aromatic rings. The Balaban J connectivity index is 2.62. The van der Waals surface area contributed by atoms with Crippen LogP contribution in [-0.2, 0) is 19.1 Å². The number of esters is 1. The molecule has 2 atom stereocenters. The average molecular weight is 328 g/mol. The average Bonchev–Trinajstić information content (AvgIpc) is 2.65. The SMILES string of the molecule is C[C@@H](C(=O)OC(C)(C)C)N1CC[C@H](NC(=O)OC(C)(C)C)C1=O. The molecule has 132 valence electrons. The minimum atomic E-state index is -0.688. The van der Waals surface area contributed by atoms with Crippen LogP contribution >= 0.6 is 0 Å². The van der Waals surface area contributed by atoms with Crippen molar-refractivity contribution in [1.29, 1.82) is 0 Å². The summed E-state index contributed by atoms with van der Waals surface area (Å²) < 4.78 is 10.4. The van der Waals surface area contributed by atoms with Crippen molar-refractivity contribution < 1.29 is 23.9 Å². The number of hydrogen-bond acceptors (Lipinski definition) is 5. The van der Waals surface area contributed by atoms with Crippen molar-refractivity contribution >= 4 is 18.0 Å². The zero-order valence-corrected chi connectivity index (χ0v) is 15.1. The molecule has 23 heavy (non-hydrogen) atoms. The Morgan fingerprint density at radius 3 is 2.13 bits per heavy atom. The van der Waals surface area contributed by atoms with Crippen LogP contribution in [0.3, 0.4) is 0 Å². The molecule has 7 heteroatoms. The second kappa shape index (κ2) is 6.76. The molecule has 2 amide bonds. The second-order valence-electron chi connectivity index (χ2n) is 7.73. The van der Waals surface area contributed by atoms with E-state index in [0.29, 0.717) is 13.0 Å². The fourth-order valence-electron chi connectivity index (χ4n) is 2.18. The highest BCUT2D eigenvalue weighted by Crippen LogP contribution is 2.18. The van der Waals surface area contributed by atoms with E-state index in [1.165, 1.54) is 4.90 Å². The maximum atomic E-state index is 12.4. The molecular formula is C16H28N2O5. The molecule has 0 aromatic carbocycles. The van der Waals surface area contributed by atoms with Gasteiger partial charge < -0.3 is 19.7 Å². The van der Waals surface area contributed by atoms with Gasteiger partial charge in [-0.3, -0.25) is 4.79 Å². The van der Waals surface area contributed by atoms with Crippen LogP contribution in [-0.4, -0.2) is 52.7 Å². The number of alkyl carbamates (subject to hydrolysis) is 1. The van der Waals surface area contributed by atoms with Crippen LogP contribution in [0.15, 0.2) is 0 Å². The number of nitrogens with zero attached hydrogens (tertiary/aromatic N) is 1. The first-order valence-corrected chi connectivity index (χ1v) is 7.83. The van der Waals surface area contributed by atoms with E-state index >= 15 is 0 Å². The van der Waals surface area contributed by atoms with Crippen LogP contribution in [0, 0.1) is 0 Å². The molecule has 0 saturated carbocycles. The van der Waals surface area contributed by atoms with Crippen LogP contribution in [0.4, 0.5) is 4.79 Å². The fourth-order valence-corrected chi connectivity index (χ4v) is 2.18. The predicted octanol–water partition coefficient (Wildman–Crippen LogP) is 1.84. The van der Waals surface area contributed by atoms with Gasteiger partial charge in [0.15, 0.2) is 0 Å². The highest BCUT2D eigenvalue weighted by molar-refractivity contribution is 5.91. The maximum Gasteiger partial charge on any atom is 0.408 e. The Morgan fingerprint density at radius 2 is 1.65 bits per heavy atom. The van der Waals surface area contributed by atoms with Crippen molar-refractivity contribution in [3.63, 3.8) is 0 Å². The van der Waals surface area contributed by atoms with E-state index in [2.05, 4.69) is 5.32 Å². The summed E-state index contributed by atoms with van der Waals surface area (Å²) in [6, 6.07) is -1.36. The minimum absolute atomic E-state index is 0.297. The Labute approximate surface area is 137 Å². The molecule has 0 aliphatic carbocycles. The lowest BCUT2D eigenvalue weighted by molar-refractivity contribution is -0.163. The summed E-state index contributed by atoms with van der Waals surface area (Å²) in [6.07, 6.45) is -0.201. The molecular weight excluding hydrogens is 300 g/mol. The number of carbonyl (C=O) groups is 3. The van der Waals surface area contributed by atoms with Gasteiger partial charge in [0.25, 0.3) is 0 Å². The molecule has 1 heterocycles. The molecule has 1 aliphatic heterocycles. The number of hydrogen-bond donors (Lipinski definition) is 1.